The molecule has 0 saturated heterocycles. The van der Waals surface area contributed by atoms with E-state index in [4.69, 9.17) is 49.4 Å². The number of ether oxygens (including phenoxy) is 1. The molecule has 1 rings (SSSR count). The Labute approximate surface area is 155 Å². The van der Waals surface area contributed by atoms with Gasteiger partial charge in [0.2, 0.25) is 5.90 Å². The molecule has 0 aliphatic rings. The second-order valence-corrected chi connectivity index (χ2v) is 11.4. The monoisotopic (exact) mass is 395 g/mol. The molecule has 1 atom stereocenters. The highest BCUT2D eigenvalue weighted by atomic mass is 35.6. The fourth-order valence-electron chi connectivity index (χ4n) is 2.17. The zero-order valence-electron chi connectivity index (χ0n) is 14.1. The highest BCUT2D eigenvalue weighted by molar-refractivity contribution is 6.76. The van der Waals surface area contributed by atoms with Crippen LogP contribution >= 0.6 is 34.8 Å². The first-order valence-electron chi connectivity index (χ1n) is 7.44. The molecule has 0 aromatic heterocycles. The highest BCUT2D eigenvalue weighted by Gasteiger charge is 2.31. The van der Waals surface area contributed by atoms with E-state index >= 15 is 0 Å². The summed E-state index contributed by atoms with van der Waals surface area (Å²) in [6.45, 7) is 10.9. The van der Waals surface area contributed by atoms with Crippen LogP contribution in [0.4, 0.5) is 0 Å². The van der Waals surface area contributed by atoms with Crippen molar-refractivity contribution < 1.29 is 9.16 Å². The molecule has 1 aromatic carbocycles. The van der Waals surface area contributed by atoms with Crippen LogP contribution in [0.15, 0.2) is 24.3 Å². The van der Waals surface area contributed by atoms with E-state index in [-0.39, 0.29) is 24.0 Å². The van der Waals surface area contributed by atoms with E-state index in [1.54, 1.807) is 0 Å². The smallest absolute Gasteiger partial charge is 0.265 e. The van der Waals surface area contributed by atoms with Gasteiger partial charge in [-0.2, -0.15) is 0 Å². The Kier molecular flexibility index (Phi) is 7.42. The Morgan fingerprint density at radius 2 is 1.74 bits per heavy atom. The van der Waals surface area contributed by atoms with Gasteiger partial charge in [0.1, 0.15) is 6.61 Å². The third kappa shape index (κ3) is 6.63. The van der Waals surface area contributed by atoms with Gasteiger partial charge in [0.05, 0.1) is 6.10 Å². The van der Waals surface area contributed by atoms with Crippen molar-refractivity contribution in [1.82, 2.24) is 0 Å². The number of hydrogen-bond donors (Lipinski definition) is 1. The van der Waals surface area contributed by atoms with Gasteiger partial charge in [-0.15, -0.1) is 0 Å². The van der Waals surface area contributed by atoms with Crippen LogP contribution in [0.1, 0.15) is 38.0 Å². The van der Waals surface area contributed by atoms with E-state index in [9.17, 15) is 0 Å². The lowest BCUT2D eigenvalue weighted by atomic mass is 9.83. The average Bonchev–Trinajstić information content (AvgIpc) is 2.40. The van der Waals surface area contributed by atoms with E-state index < -0.39 is 12.8 Å². The molecule has 0 aliphatic heterocycles. The number of rotatable bonds is 5. The minimum atomic E-state index is -1.85. The topological polar surface area (TPSA) is 42.3 Å². The zero-order chi connectivity index (χ0) is 17.8. The second-order valence-electron chi connectivity index (χ2n) is 6.75. The van der Waals surface area contributed by atoms with Crippen LogP contribution in [-0.4, -0.2) is 18.7 Å². The third-order valence-corrected chi connectivity index (χ3v) is 4.49. The molecule has 0 spiro atoms. The van der Waals surface area contributed by atoms with Crippen LogP contribution in [0.25, 0.3) is 0 Å². The molecule has 3 nitrogen and oxygen atoms in total. The summed E-state index contributed by atoms with van der Waals surface area (Å²) in [5, 5.41) is 7.66. The maximum atomic E-state index is 7.66. The van der Waals surface area contributed by atoms with Gasteiger partial charge in [0.15, 0.2) is 9.04 Å². The van der Waals surface area contributed by atoms with Crippen molar-refractivity contribution in [3.63, 3.8) is 0 Å². The van der Waals surface area contributed by atoms with Crippen LogP contribution in [0, 0.1) is 10.8 Å². The molecular weight excluding hydrogens is 373 g/mol. The molecule has 0 aliphatic carbocycles. The van der Waals surface area contributed by atoms with Crippen LogP contribution < -0.4 is 0 Å². The van der Waals surface area contributed by atoms with Crippen molar-refractivity contribution in [2.45, 2.75) is 50.4 Å². The summed E-state index contributed by atoms with van der Waals surface area (Å²) in [5.41, 5.74) is 1.93. The van der Waals surface area contributed by atoms with Crippen molar-refractivity contribution >= 4 is 49.7 Å². The fraction of sp³-hybridized carbons (Fsp3) is 0.562. The first kappa shape index (κ1) is 20.8. The van der Waals surface area contributed by atoms with Crippen LogP contribution in [0.5, 0.6) is 0 Å². The number of halogens is 3. The molecular formula is C16H24Cl3NO2Si. The molecule has 0 fully saturated rings. The predicted molar refractivity (Wildman–Crippen MR) is 101 cm³/mol. The fourth-order valence-corrected chi connectivity index (χ4v) is 3.43. The largest absolute Gasteiger partial charge is 0.473 e. The first-order valence-corrected chi connectivity index (χ1v) is 11.4. The molecule has 130 valence electrons. The molecule has 0 radical (unpaired) electrons. The van der Waals surface area contributed by atoms with Gasteiger partial charge in [-0.25, -0.2) is 0 Å². The van der Waals surface area contributed by atoms with E-state index in [1.807, 2.05) is 24.3 Å². The van der Waals surface area contributed by atoms with Gasteiger partial charge in [0, 0.05) is 0 Å². The van der Waals surface area contributed by atoms with Crippen molar-refractivity contribution in [2.24, 2.45) is 5.41 Å². The Morgan fingerprint density at radius 1 is 1.17 bits per heavy atom. The Bertz CT molecular complexity index is 539. The molecule has 7 heteroatoms. The van der Waals surface area contributed by atoms with E-state index in [1.165, 1.54) is 0 Å². The second kappa shape index (κ2) is 8.21. The maximum absolute atomic E-state index is 7.66. The summed E-state index contributed by atoms with van der Waals surface area (Å²) >= 11 is 17.0. The SMILES string of the molecule is C[SiH](C)OC(c1ccccc1COC(=N)C(Cl)(Cl)Cl)C(C)(C)C. The molecule has 1 N–H and O–H groups in total. The molecule has 0 amide bonds. The Morgan fingerprint density at radius 3 is 2.22 bits per heavy atom. The highest BCUT2D eigenvalue weighted by Crippen LogP contribution is 2.38. The van der Waals surface area contributed by atoms with Gasteiger partial charge in [-0.05, 0) is 29.6 Å². The Balaban J connectivity index is 3.05. The van der Waals surface area contributed by atoms with Crippen molar-refractivity contribution in [2.75, 3.05) is 0 Å². The summed E-state index contributed by atoms with van der Waals surface area (Å²) in [6.07, 6.45) is -0.0455. The van der Waals surface area contributed by atoms with Gasteiger partial charge < -0.3 is 9.16 Å². The van der Waals surface area contributed by atoms with Crippen molar-refractivity contribution in [1.29, 1.82) is 5.41 Å². The lowest BCUT2D eigenvalue weighted by molar-refractivity contribution is 0.0845. The molecule has 1 aromatic rings. The lowest BCUT2D eigenvalue weighted by Gasteiger charge is -2.34. The van der Waals surface area contributed by atoms with Crippen molar-refractivity contribution in [3.8, 4) is 0 Å². The average molecular weight is 397 g/mol. The van der Waals surface area contributed by atoms with Gasteiger partial charge >= 0.3 is 0 Å². The summed E-state index contributed by atoms with van der Waals surface area (Å²) < 4.78 is 9.76. The van der Waals surface area contributed by atoms with E-state index in [0.29, 0.717) is 0 Å². The van der Waals surface area contributed by atoms with E-state index in [0.717, 1.165) is 11.1 Å². The lowest BCUT2D eigenvalue weighted by Crippen LogP contribution is -2.27. The number of nitrogens with one attached hydrogen (secondary N) is 1. The normalized spacial score (nSPS) is 14.0. The number of benzene rings is 1. The predicted octanol–water partition coefficient (Wildman–Crippen LogP) is 5.64. The van der Waals surface area contributed by atoms with Gasteiger partial charge in [-0.1, -0.05) is 79.8 Å². The molecule has 0 bridgehead atoms. The summed E-state index contributed by atoms with van der Waals surface area (Å²) in [4.78, 5) is 0. The quantitative estimate of drug-likeness (QED) is 0.303. The maximum Gasteiger partial charge on any atom is 0.265 e. The minimum Gasteiger partial charge on any atom is -0.473 e. The number of hydrogen-bond acceptors (Lipinski definition) is 3. The standard InChI is InChI=1S/C16H24Cl3NO2Si/c1-15(2,3)13(22-23(4)5)12-9-7-6-8-11(12)10-21-14(20)16(17,18)19/h6-9,13,20,23H,10H2,1-5H3. The van der Waals surface area contributed by atoms with Gasteiger partial charge in [0.25, 0.3) is 3.79 Å². The molecule has 1 unspecified atom stereocenters. The molecule has 0 saturated carbocycles. The number of alkyl halides is 3. The minimum absolute atomic E-state index is 0.0455. The third-order valence-electron chi connectivity index (χ3n) is 3.16. The molecule has 23 heavy (non-hydrogen) atoms. The van der Waals surface area contributed by atoms with Crippen LogP contribution in [-0.2, 0) is 15.8 Å². The van der Waals surface area contributed by atoms with E-state index in [2.05, 4.69) is 33.9 Å². The zero-order valence-corrected chi connectivity index (χ0v) is 17.5. The van der Waals surface area contributed by atoms with Crippen LogP contribution in [0.2, 0.25) is 13.1 Å². The summed E-state index contributed by atoms with van der Waals surface area (Å²) in [6, 6.07) is 7.88. The summed E-state index contributed by atoms with van der Waals surface area (Å²) in [7, 11) is -1.23. The van der Waals surface area contributed by atoms with Crippen molar-refractivity contribution in [3.05, 3.63) is 35.4 Å². The molecule has 0 heterocycles. The Hall–Kier alpha value is -0.263. The summed E-state index contributed by atoms with van der Waals surface area (Å²) in [5.74, 6) is -0.385. The van der Waals surface area contributed by atoms with Gasteiger partial charge in [-0.3, -0.25) is 5.41 Å². The van der Waals surface area contributed by atoms with Crippen LogP contribution in [0.3, 0.4) is 0 Å². The first-order chi connectivity index (χ1) is 10.4.